The maximum Gasteiger partial charge on any atom is 0.261 e. The first kappa shape index (κ1) is 18.4. The third-order valence-electron chi connectivity index (χ3n) is 4.39. The van der Waals surface area contributed by atoms with Gasteiger partial charge in [-0.05, 0) is 43.7 Å². The lowest BCUT2D eigenvalue weighted by atomic mass is 10.1. The van der Waals surface area contributed by atoms with E-state index in [0.29, 0.717) is 24.5 Å². The van der Waals surface area contributed by atoms with Crippen LogP contribution >= 0.6 is 0 Å². The summed E-state index contributed by atoms with van der Waals surface area (Å²) in [5, 5.41) is 0. The number of sulfonamides is 1. The maximum atomic E-state index is 12.8. The fraction of sp³-hybridized carbons (Fsp3) is 0.316. The van der Waals surface area contributed by atoms with Gasteiger partial charge in [0.1, 0.15) is 0 Å². The molecule has 6 nitrogen and oxygen atoms in total. The molecule has 0 bridgehead atoms. The summed E-state index contributed by atoms with van der Waals surface area (Å²) in [6, 6.07) is 11.8. The number of carbonyl (C=O) groups excluding carboxylic acids is 1. The number of rotatable bonds is 5. The Hall–Kier alpha value is -2.38. The zero-order chi connectivity index (χ0) is 18.7. The average molecular weight is 374 g/mol. The molecular weight excluding hydrogens is 352 g/mol. The fourth-order valence-corrected chi connectivity index (χ4v) is 3.99. The normalized spacial score (nSPS) is 14.9. The van der Waals surface area contributed by atoms with E-state index < -0.39 is 10.0 Å². The van der Waals surface area contributed by atoms with Gasteiger partial charge < -0.3 is 9.64 Å². The molecule has 2 aromatic rings. The minimum Gasteiger partial charge on any atom is -0.378 e. The third-order valence-corrected chi connectivity index (χ3v) is 5.76. The molecule has 1 fully saturated rings. The Kier molecular flexibility index (Phi) is 5.29. The van der Waals surface area contributed by atoms with Gasteiger partial charge in [-0.25, -0.2) is 8.42 Å². The van der Waals surface area contributed by atoms with Crippen molar-refractivity contribution in [3.63, 3.8) is 0 Å². The first-order valence-corrected chi connectivity index (χ1v) is 9.92. The van der Waals surface area contributed by atoms with E-state index in [1.54, 1.807) is 12.1 Å². The number of morpholine rings is 1. The second-order valence-electron chi connectivity index (χ2n) is 6.29. The van der Waals surface area contributed by atoms with E-state index >= 15 is 0 Å². The number of Topliss-reactive ketones (excluding diaryl/α,β-unsaturated/α-hetero) is 1. The van der Waals surface area contributed by atoms with Gasteiger partial charge in [0, 0.05) is 24.3 Å². The zero-order valence-corrected chi connectivity index (χ0v) is 15.7. The molecule has 0 amide bonds. The number of hydrogen-bond donors (Lipinski definition) is 1. The molecule has 0 atom stereocenters. The summed E-state index contributed by atoms with van der Waals surface area (Å²) in [7, 11) is -3.78. The lowest BCUT2D eigenvalue weighted by Crippen LogP contribution is -2.36. The molecule has 1 heterocycles. The SMILES string of the molecule is CC(=O)c1cccc(S(=O)(=O)Nc2cc(N3CCOCC3)ccc2C)c1. The van der Waals surface area contributed by atoms with Gasteiger partial charge in [-0.15, -0.1) is 0 Å². The minimum atomic E-state index is -3.78. The standard InChI is InChI=1S/C19H22N2O4S/c1-14-6-7-17(21-8-10-25-11-9-21)13-19(14)20-26(23,24)18-5-3-4-16(12-18)15(2)22/h3-7,12-13,20H,8-11H2,1-2H3. The second-order valence-corrected chi connectivity index (χ2v) is 7.97. The molecule has 1 aliphatic rings. The smallest absolute Gasteiger partial charge is 0.261 e. The average Bonchev–Trinajstić information content (AvgIpc) is 2.64. The van der Waals surface area contributed by atoms with Gasteiger partial charge in [-0.3, -0.25) is 9.52 Å². The monoisotopic (exact) mass is 374 g/mol. The van der Waals surface area contributed by atoms with Crippen LogP contribution in [0.2, 0.25) is 0 Å². The van der Waals surface area contributed by atoms with E-state index in [0.717, 1.165) is 24.3 Å². The Bertz CT molecular complexity index is 919. The van der Waals surface area contributed by atoms with Gasteiger partial charge in [0.2, 0.25) is 0 Å². The van der Waals surface area contributed by atoms with Crippen molar-refractivity contribution in [3.8, 4) is 0 Å². The van der Waals surface area contributed by atoms with Crippen molar-refractivity contribution >= 4 is 27.2 Å². The molecule has 2 aromatic carbocycles. The van der Waals surface area contributed by atoms with Crippen molar-refractivity contribution in [1.82, 2.24) is 0 Å². The highest BCUT2D eigenvalue weighted by Crippen LogP contribution is 2.26. The maximum absolute atomic E-state index is 12.8. The van der Waals surface area contributed by atoms with Gasteiger partial charge in [0.15, 0.2) is 5.78 Å². The third kappa shape index (κ3) is 4.05. The summed E-state index contributed by atoms with van der Waals surface area (Å²) in [5.74, 6) is -0.174. The molecule has 1 saturated heterocycles. The number of benzene rings is 2. The minimum absolute atomic E-state index is 0.0707. The summed E-state index contributed by atoms with van der Waals surface area (Å²) in [5.41, 5.74) is 2.68. The predicted molar refractivity (Wildman–Crippen MR) is 101 cm³/mol. The highest BCUT2D eigenvalue weighted by Gasteiger charge is 2.18. The van der Waals surface area contributed by atoms with Gasteiger partial charge in [-0.2, -0.15) is 0 Å². The molecule has 0 aliphatic carbocycles. The van der Waals surface area contributed by atoms with Gasteiger partial charge in [0.25, 0.3) is 10.0 Å². The molecular formula is C19H22N2O4S. The van der Waals surface area contributed by atoms with Crippen molar-refractivity contribution in [2.45, 2.75) is 18.7 Å². The number of nitrogens with zero attached hydrogens (tertiary/aromatic N) is 1. The summed E-state index contributed by atoms with van der Waals surface area (Å²) in [4.78, 5) is 13.8. The van der Waals surface area contributed by atoms with Gasteiger partial charge >= 0.3 is 0 Å². The van der Waals surface area contributed by atoms with Crippen LogP contribution in [0, 0.1) is 6.92 Å². The number of aryl methyl sites for hydroxylation is 1. The van der Waals surface area contributed by atoms with E-state index in [1.807, 2.05) is 25.1 Å². The summed E-state index contributed by atoms with van der Waals surface area (Å²) < 4.78 is 33.5. The molecule has 138 valence electrons. The van der Waals surface area contributed by atoms with Gasteiger partial charge in [-0.1, -0.05) is 18.2 Å². The largest absolute Gasteiger partial charge is 0.378 e. The number of nitrogens with one attached hydrogen (secondary N) is 1. The number of hydrogen-bond acceptors (Lipinski definition) is 5. The molecule has 0 aromatic heterocycles. The van der Waals surface area contributed by atoms with E-state index in [2.05, 4.69) is 9.62 Å². The van der Waals surface area contributed by atoms with E-state index in [4.69, 9.17) is 4.74 Å². The Morgan fingerprint density at radius 3 is 2.54 bits per heavy atom. The zero-order valence-electron chi connectivity index (χ0n) is 14.9. The lowest BCUT2D eigenvalue weighted by Gasteiger charge is -2.29. The first-order chi connectivity index (χ1) is 12.4. The molecule has 0 radical (unpaired) electrons. The summed E-state index contributed by atoms with van der Waals surface area (Å²) in [6.45, 7) is 6.13. The Morgan fingerprint density at radius 2 is 1.85 bits per heavy atom. The van der Waals surface area contributed by atoms with Crippen molar-refractivity contribution in [1.29, 1.82) is 0 Å². The predicted octanol–water partition coefficient (Wildman–Crippen LogP) is 2.84. The molecule has 1 aliphatic heterocycles. The van der Waals surface area contributed by atoms with Crippen molar-refractivity contribution in [2.24, 2.45) is 0 Å². The highest BCUT2D eigenvalue weighted by molar-refractivity contribution is 7.92. The van der Waals surface area contributed by atoms with Crippen LogP contribution < -0.4 is 9.62 Å². The molecule has 3 rings (SSSR count). The topological polar surface area (TPSA) is 75.7 Å². The quantitative estimate of drug-likeness (QED) is 0.815. The first-order valence-electron chi connectivity index (χ1n) is 8.44. The second kappa shape index (κ2) is 7.47. The highest BCUT2D eigenvalue weighted by atomic mass is 32.2. The molecule has 0 saturated carbocycles. The van der Waals surface area contributed by atoms with E-state index in [1.165, 1.54) is 19.1 Å². The number of carbonyl (C=O) groups is 1. The summed E-state index contributed by atoms with van der Waals surface area (Å²) in [6.07, 6.45) is 0. The Labute approximate surface area is 153 Å². The molecule has 7 heteroatoms. The Morgan fingerprint density at radius 1 is 1.12 bits per heavy atom. The van der Waals surface area contributed by atoms with Crippen LogP contribution in [0.5, 0.6) is 0 Å². The van der Waals surface area contributed by atoms with Crippen LogP contribution in [0.3, 0.4) is 0 Å². The summed E-state index contributed by atoms with van der Waals surface area (Å²) >= 11 is 0. The van der Waals surface area contributed by atoms with Crippen molar-refractivity contribution < 1.29 is 17.9 Å². The van der Waals surface area contributed by atoms with E-state index in [9.17, 15) is 13.2 Å². The van der Waals surface area contributed by atoms with Crippen molar-refractivity contribution in [2.75, 3.05) is 35.9 Å². The molecule has 0 unspecified atom stereocenters. The van der Waals surface area contributed by atoms with E-state index in [-0.39, 0.29) is 10.7 Å². The fourth-order valence-electron chi connectivity index (χ4n) is 2.82. The number of ketones is 1. The van der Waals surface area contributed by atoms with Crippen LogP contribution in [0.25, 0.3) is 0 Å². The van der Waals surface area contributed by atoms with Crippen LogP contribution in [0.15, 0.2) is 47.4 Å². The van der Waals surface area contributed by atoms with Crippen LogP contribution in [0.4, 0.5) is 11.4 Å². The van der Waals surface area contributed by atoms with Crippen LogP contribution in [-0.2, 0) is 14.8 Å². The number of ether oxygens (including phenoxy) is 1. The molecule has 26 heavy (non-hydrogen) atoms. The Balaban J connectivity index is 1.89. The van der Waals surface area contributed by atoms with Crippen molar-refractivity contribution in [3.05, 3.63) is 53.6 Å². The van der Waals surface area contributed by atoms with Gasteiger partial charge in [0.05, 0.1) is 23.8 Å². The number of anilines is 2. The van der Waals surface area contributed by atoms with Crippen LogP contribution in [-0.4, -0.2) is 40.5 Å². The molecule has 1 N–H and O–H groups in total. The molecule has 0 spiro atoms. The lowest BCUT2D eigenvalue weighted by molar-refractivity contribution is 0.101. The van der Waals surface area contributed by atoms with Crippen LogP contribution in [0.1, 0.15) is 22.8 Å².